The number of hydrogen-bond acceptors (Lipinski definition) is 6. The first-order chi connectivity index (χ1) is 15.9. The average Bonchev–Trinajstić information content (AvgIpc) is 3.34. The maximum Gasteiger partial charge on any atom is 0.236 e. The van der Waals surface area contributed by atoms with Gasteiger partial charge < -0.3 is 15.2 Å². The van der Waals surface area contributed by atoms with Crippen LogP contribution in [0.5, 0.6) is 11.6 Å². The van der Waals surface area contributed by atoms with Gasteiger partial charge in [-0.15, -0.1) is 5.10 Å². The Bertz CT molecular complexity index is 1360. The van der Waals surface area contributed by atoms with Gasteiger partial charge in [-0.05, 0) is 38.1 Å². The van der Waals surface area contributed by atoms with Gasteiger partial charge in [0.05, 0.1) is 18.5 Å². The van der Waals surface area contributed by atoms with Crippen LogP contribution >= 0.6 is 0 Å². The molecule has 3 aromatic heterocycles. The minimum Gasteiger partial charge on any atom is -0.482 e. The Balaban J connectivity index is 1.84. The fraction of sp³-hybridized carbons (Fsp3) is 0.292. The van der Waals surface area contributed by atoms with Gasteiger partial charge in [0.2, 0.25) is 5.88 Å². The van der Waals surface area contributed by atoms with Gasteiger partial charge in [-0.25, -0.2) is 9.37 Å². The number of aromatic nitrogens is 5. The molecule has 9 heteroatoms. The van der Waals surface area contributed by atoms with Crippen LogP contribution < -0.4 is 15.2 Å². The van der Waals surface area contributed by atoms with E-state index in [-0.39, 0.29) is 11.6 Å². The van der Waals surface area contributed by atoms with Crippen molar-refractivity contribution in [3.05, 3.63) is 59.2 Å². The minimum atomic E-state index is -0.491. The lowest BCUT2D eigenvalue weighted by Crippen LogP contribution is -2.10. The second-order valence-electron chi connectivity index (χ2n) is 8.10. The lowest BCUT2D eigenvalue weighted by molar-refractivity contribution is 0.227. The quantitative estimate of drug-likeness (QED) is 0.495. The number of nitrogen functional groups attached to an aromatic ring is 1. The minimum absolute atomic E-state index is 0.259. The molecule has 4 aromatic rings. The van der Waals surface area contributed by atoms with Crippen LogP contribution in [0.3, 0.4) is 0 Å². The maximum absolute atomic E-state index is 14.3. The normalized spacial score (nSPS) is 14.9. The van der Waals surface area contributed by atoms with E-state index in [1.165, 1.54) is 12.1 Å². The van der Waals surface area contributed by atoms with E-state index in [4.69, 9.17) is 20.3 Å². The van der Waals surface area contributed by atoms with Crippen molar-refractivity contribution in [3.63, 3.8) is 0 Å². The molecule has 2 bridgehead atoms. The topological polar surface area (TPSA) is 93.0 Å². The summed E-state index contributed by atoms with van der Waals surface area (Å²) in [6, 6.07) is 6.52. The Morgan fingerprint density at radius 1 is 1.27 bits per heavy atom. The van der Waals surface area contributed by atoms with Crippen LogP contribution in [0.15, 0.2) is 36.7 Å². The average molecular weight is 449 g/mol. The van der Waals surface area contributed by atoms with Gasteiger partial charge in [-0.2, -0.15) is 5.10 Å². The number of ether oxygens (including phenoxy) is 2. The van der Waals surface area contributed by atoms with Crippen LogP contribution in [-0.2, 0) is 20.0 Å². The zero-order chi connectivity index (χ0) is 23.3. The molecule has 4 heterocycles. The number of halogens is 1. The smallest absolute Gasteiger partial charge is 0.236 e. The van der Waals surface area contributed by atoms with Crippen LogP contribution in [0, 0.1) is 5.82 Å². The molecule has 0 saturated heterocycles. The second kappa shape index (κ2) is 7.91. The molecule has 0 radical (unpaired) electrons. The number of methoxy groups -OCH3 is 1. The third-order valence-corrected chi connectivity index (χ3v) is 5.94. The van der Waals surface area contributed by atoms with Gasteiger partial charge in [0.25, 0.3) is 0 Å². The number of nitrogens with two attached hydrogens (primary N) is 1. The molecule has 0 spiro atoms. The Morgan fingerprint density at radius 3 is 2.85 bits per heavy atom. The van der Waals surface area contributed by atoms with E-state index >= 15 is 0 Å². The van der Waals surface area contributed by atoms with Crippen molar-refractivity contribution in [2.75, 3.05) is 12.8 Å². The van der Waals surface area contributed by atoms with Crippen LogP contribution in [0.4, 0.5) is 10.2 Å². The third-order valence-electron chi connectivity index (χ3n) is 5.94. The van der Waals surface area contributed by atoms with Crippen molar-refractivity contribution in [2.45, 2.75) is 32.9 Å². The van der Waals surface area contributed by atoms with E-state index in [9.17, 15) is 4.39 Å². The molecule has 0 unspecified atom stereocenters. The SMILES string of the molecule is CCn1nc(OC)c2c1-c1cnc(N)c(c1)O[C@H](C)c1cc(F)ccc1-c1nn(C)cc1C2. The molecule has 1 aliphatic rings. The van der Waals surface area contributed by atoms with E-state index in [0.717, 1.165) is 33.6 Å². The zero-order valence-corrected chi connectivity index (χ0v) is 19.0. The Morgan fingerprint density at radius 2 is 2.09 bits per heavy atom. The number of pyridine rings is 1. The van der Waals surface area contributed by atoms with E-state index in [2.05, 4.69) is 10.1 Å². The first-order valence-electron chi connectivity index (χ1n) is 10.8. The molecule has 0 fully saturated rings. The highest BCUT2D eigenvalue weighted by Crippen LogP contribution is 2.40. The lowest BCUT2D eigenvalue weighted by Gasteiger charge is -2.21. The van der Waals surface area contributed by atoms with E-state index in [0.29, 0.717) is 30.2 Å². The largest absolute Gasteiger partial charge is 0.482 e. The summed E-state index contributed by atoms with van der Waals surface area (Å²) in [6.45, 7) is 4.53. The molecule has 2 N–H and O–H groups in total. The molecule has 0 saturated carbocycles. The molecule has 1 aromatic carbocycles. The summed E-state index contributed by atoms with van der Waals surface area (Å²) in [5.41, 5.74) is 12.0. The second-order valence-corrected chi connectivity index (χ2v) is 8.10. The highest BCUT2D eigenvalue weighted by Gasteiger charge is 2.26. The van der Waals surface area contributed by atoms with Crippen molar-refractivity contribution in [2.24, 2.45) is 7.05 Å². The fourth-order valence-electron chi connectivity index (χ4n) is 4.46. The predicted molar refractivity (Wildman–Crippen MR) is 123 cm³/mol. The molecule has 8 nitrogen and oxygen atoms in total. The number of nitrogens with zero attached hydrogens (tertiary/aromatic N) is 5. The van der Waals surface area contributed by atoms with Crippen LogP contribution in [-0.4, -0.2) is 31.7 Å². The molecule has 0 aliphatic carbocycles. The standard InChI is InChI=1S/C24H25FN6O2/c1-5-31-22-14-9-20(23(26)27-11-14)33-13(2)18-10-16(25)6-7-17(18)21-15(12-30(3)28-21)8-19(22)24(29-31)32-4/h6-7,9-13H,5,8H2,1-4H3,(H2,26,27)/t13-/m1/s1. The number of benzene rings is 1. The highest BCUT2D eigenvalue weighted by atomic mass is 19.1. The molecule has 5 rings (SSSR count). The van der Waals surface area contributed by atoms with Gasteiger partial charge in [0.15, 0.2) is 11.6 Å². The molecule has 1 atom stereocenters. The van der Waals surface area contributed by atoms with Crippen molar-refractivity contribution in [1.29, 1.82) is 0 Å². The van der Waals surface area contributed by atoms with E-state index < -0.39 is 6.10 Å². The Labute approximate surface area is 190 Å². The highest BCUT2D eigenvalue weighted by molar-refractivity contribution is 5.73. The summed E-state index contributed by atoms with van der Waals surface area (Å²) in [5, 5.41) is 9.38. The number of rotatable bonds is 2. The number of aryl methyl sites for hydroxylation is 2. The molecular weight excluding hydrogens is 423 g/mol. The first kappa shape index (κ1) is 21.0. The summed E-state index contributed by atoms with van der Waals surface area (Å²) in [5.74, 6) is 0.869. The van der Waals surface area contributed by atoms with Crippen LogP contribution in [0.1, 0.15) is 36.6 Å². The molecule has 170 valence electrons. The molecular formula is C24H25FN6O2. The van der Waals surface area contributed by atoms with Crippen molar-refractivity contribution in [1.82, 2.24) is 24.5 Å². The summed E-state index contributed by atoms with van der Waals surface area (Å²) < 4.78 is 29.8. The van der Waals surface area contributed by atoms with Gasteiger partial charge in [-0.3, -0.25) is 9.36 Å². The summed E-state index contributed by atoms with van der Waals surface area (Å²) in [4.78, 5) is 4.37. The molecule has 0 amide bonds. The van der Waals surface area contributed by atoms with Crippen molar-refractivity contribution >= 4 is 5.82 Å². The van der Waals surface area contributed by atoms with Crippen molar-refractivity contribution in [3.8, 4) is 34.1 Å². The Hall–Kier alpha value is -3.88. The molecule has 1 aliphatic heterocycles. The summed E-state index contributed by atoms with van der Waals surface area (Å²) >= 11 is 0. The van der Waals surface area contributed by atoms with Gasteiger partial charge in [0.1, 0.15) is 11.9 Å². The lowest BCUT2D eigenvalue weighted by atomic mass is 9.94. The third kappa shape index (κ3) is 3.49. The van der Waals surface area contributed by atoms with Crippen molar-refractivity contribution < 1.29 is 13.9 Å². The maximum atomic E-state index is 14.3. The summed E-state index contributed by atoms with van der Waals surface area (Å²) in [6.07, 6.45) is 3.71. The van der Waals surface area contributed by atoms with Crippen LogP contribution in [0.2, 0.25) is 0 Å². The Kier molecular flexibility index (Phi) is 5.03. The number of anilines is 1. The fourth-order valence-corrected chi connectivity index (χ4v) is 4.46. The number of fused-ring (bicyclic) bond motifs is 7. The predicted octanol–water partition coefficient (Wildman–Crippen LogP) is 4.14. The van der Waals surface area contributed by atoms with E-state index in [1.54, 1.807) is 24.1 Å². The zero-order valence-electron chi connectivity index (χ0n) is 19.0. The summed E-state index contributed by atoms with van der Waals surface area (Å²) in [7, 11) is 3.48. The number of hydrogen-bond donors (Lipinski definition) is 1. The van der Waals surface area contributed by atoms with Gasteiger partial charge in [-0.1, -0.05) is 0 Å². The van der Waals surface area contributed by atoms with Gasteiger partial charge in [0, 0.05) is 60.2 Å². The first-order valence-corrected chi connectivity index (χ1v) is 10.8. The van der Waals surface area contributed by atoms with Gasteiger partial charge >= 0.3 is 0 Å². The molecule has 33 heavy (non-hydrogen) atoms. The van der Waals surface area contributed by atoms with Crippen LogP contribution in [0.25, 0.3) is 22.5 Å². The monoisotopic (exact) mass is 448 g/mol. The van der Waals surface area contributed by atoms with E-state index in [1.807, 2.05) is 37.8 Å².